The Bertz CT molecular complexity index is 9790. The van der Waals surface area contributed by atoms with Gasteiger partial charge in [-0.05, 0) is 165 Å². The van der Waals surface area contributed by atoms with Crippen LogP contribution in [0.15, 0.2) is 455 Å². The van der Waals surface area contributed by atoms with E-state index >= 15 is 0 Å². The van der Waals surface area contributed by atoms with Crippen LogP contribution in [-0.4, -0.2) is 33.2 Å². The molecule has 19 aromatic carbocycles. The molecule has 0 radical (unpaired) electrons. The summed E-state index contributed by atoms with van der Waals surface area (Å²) >= 11 is 5.67. The average molecular weight is 1750 g/mol. The molecule has 0 saturated carbocycles. The molecule has 0 amide bonds. The number of benzene rings is 19. The molecule has 29 aromatic rings. The van der Waals surface area contributed by atoms with E-state index in [9.17, 15) is 0 Å². The van der Waals surface area contributed by atoms with E-state index in [2.05, 4.69) is 473 Å². The first kappa shape index (κ1) is 76.3. The summed E-state index contributed by atoms with van der Waals surface area (Å²) in [7, 11) is 0. The molecule has 10 heteroatoms. The number of para-hydroxylation sites is 7. The molecule has 0 saturated heterocycles. The van der Waals surface area contributed by atoms with E-state index < -0.39 is 0 Å². The molecule has 10 aromatic heterocycles. The Morgan fingerprint density at radius 2 is 0.466 bits per heavy atom. The Kier molecular flexibility index (Phi) is 17.8. The van der Waals surface area contributed by atoms with Gasteiger partial charge in [0, 0.05) is 125 Å². The van der Waals surface area contributed by atoms with Gasteiger partial charge in [0.15, 0.2) is 0 Å². The quantitative estimate of drug-likeness (QED) is 0.145. The molecule has 133 heavy (non-hydrogen) atoms. The topological polar surface area (TPSA) is 58.4 Å². The number of pyridine rings is 3. The summed E-state index contributed by atoms with van der Waals surface area (Å²) in [5.74, 6) is 2.78. The number of nitrogens with zero attached hydrogens (tertiary/aromatic N) is 7. The standard InChI is InChI=1S/C45H27N3S.2C39H24N2S/c1-2-12-29(13-3-1)47-38-19-9-5-15-31(38)32-23-22-28(26-41(32)47)36-27-43(46-37-18-8-4-14-30(36)37)48-39-20-10-6-17-35(39)44-40(48)25-24-34-33-16-7-11-21-42(33)49-45(34)44;1-3-12-25(13-4-1)27-18-11-19-29-30-22-23-35-37(39(30)42-38(27)29)31-17-8-10-21-34(31)41(35)36-24-32(26-14-5-2-6-15-26)28-16-7-9-20-33(28)40-36;1-3-11-25(12-4-1)27-19-20-31-35(23-27)41(34-22-21-30-29-16-8-10-18-36(29)42-39(30)38(31)34)37-24-32(26-13-5-2-6-14-26)28-15-7-9-17-33(28)40-37/h1-27H;2*1-24H. The van der Waals surface area contributed by atoms with Crippen LogP contribution in [0.3, 0.4) is 0 Å². The highest BCUT2D eigenvalue weighted by Crippen LogP contribution is 2.51. The van der Waals surface area contributed by atoms with Gasteiger partial charge in [0.25, 0.3) is 0 Å². The van der Waals surface area contributed by atoms with Crippen LogP contribution in [-0.2, 0) is 0 Å². The lowest BCUT2D eigenvalue weighted by Gasteiger charge is -2.14. The molecule has 0 unspecified atom stereocenters. The maximum absolute atomic E-state index is 5.35. The molecular formula is C123H75N7S3. The maximum atomic E-state index is 5.35. The predicted octanol–water partition coefficient (Wildman–Crippen LogP) is 34.5. The molecule has 0 atom stereocenters. The van der Waals surface area contributed by atoms with Crippen molar-refractivity contribution in [3.05, 3.63) is 455 Å². The van der Waals surface area contributed by atoms with Gasteiger partial charge in [0.1, 0.15) is 17.5 Å². The van der Waals surface area contributed by atoms with Crippen molar-refractivity contribution in [3.63, 3.8) is 0 Å². The molecule has 7 nitrogen and oxygen atoms in total. The van der Waals surface area contributed by atoms with Crippen LogP contribution < -0.4 is 0 Å². The summed E-state index contributed by atoms with van der Waals surface area (Å²) in [6, 6.07) is 164. The highest BCUT2D eigenvalue weighted by Gasteiger charge is 2.26. The zero-order chi connectivity index (χ0) is 87.3. The van der Waals surface area contributed by atoms with Crippen molar-refractivity contribution in [2.75, 3.05) is 0 Å². The van der Waals surface area contributed by atoms with E-state index in [-0.39, 0.29) is 0 Å². The van der Waals surface area contributed by atoms with E-state index in [4.69, 9.17) is 15.0 Å². The van der Waals surface area contributed by atoms with Crippen LogP contribution in [0.4, 0.5) is 0 Å². The minimum atomic E-state index is 0.920. The summed E-state index contributed by atoms with van der Waals surface area (Å²) in [6.45, 7) is 0. The lowest BCUT2D eigenvalue weighted by molar-refractivity contribution is 1.10. The molecule has 0 spiro atoms. The average Bonchev–Trinajstić information content (AvgIpc) is 1.56. The third-order valence-corrected chi connectivity index (χ3v) is 30.6. The largest absolute Gasteiger partial charge is 0.309 e. The zero-order valence-electron chi connectivity index (χ0n) is 71.7. The molecule has 29 rings (SSSR count). The Morgan fingerprint density at radius 3 is 0.955 bits per heavy atom. The van der Waals surface area contributed by atoms with E-state index in [1.165, 1.54) is 192 Å². The van der Waals surface area contributed by atoms with E-state index in [1.54, 1.807) is 0 Å². The number of hydrogen-bond acceptors (Lipinski definition) is 6. The molecule has 0 aliphatic rings. The van der Waals surface area contributed by atoms with Crippen LogP contribution in [0.5, 0.6) is 0 Å². The number of fused-ring (bicyclic) bond motifs is 27. The third kappa shape index (κ3) is 12.3. The fraction of sp³-hybridized carbons (Fsp3) is 0. The lowest BCUT2D eigenvalue weighted by atomic mass is 9.99. The zero-order valence-corrected chi connectivity index (χ0v) is 74.1. The molecule has 0 N–H and O–H groups in total. The Morgan fingerprint density at radius 1 is 0.158 bits per heavy atom. The van der Waals surface area contributed by atoms with Gasteiger partial charge < -0.3 is 4.57 Å². The smallest absolute Gasteiger partial charge is 0.138 e. The molecular weight excluding hydrogens is 1670 g/mol. The van der Waals surface area contributed by atoms with E-state index in [0.29, 0.717) is 0 Å². The van der Waals surface area contributed by atoms with Crippen LogP contribution in [0.1, 0.15) is 0 Å². The first-order chi connectivity index (χ1) is 66.0. The monoisotopic (exact) mass is 1750 g/mol. The Hall–Kier alpha value is -16.7. The van der Waals surface area contributed by atoms with Gasteiger partial charge >= 0.3 is 0 Å². The van der Waals surface area contributed by atoms with Crippen molar-refractivity contribution in [2.45, 2.75) is 0 Å². The van der Waals surface area contributed by atoms with Crippen LogP contribution in [0.25, 0.3) is 259 Å². The van der Waals surface area contributed by atoms with E-state index in [0.717, 1.165) is 66.9 Å². The maximum Gasteiger partial charge on any atom is 0.138 e. The van der Waals surface area contributed by atoms with Gasteiger partial charge in [-0.1, -0.05) is 346 Å². The summed E-state index contributed by atoms with van der Waals surface area (Å²) in [5, 5.41) is 21.5. The molecule has 10 heterocycles. The van der Waals surface area contributed by atoms with Crippen molar-refractivity contribution < 1.29 is 0 Å². The molecule has 0 bridgehead atoms. The minimum absolute atomic E-state index is 0.920. The number of thiophene rings is 3. The molecule has 0 fully saturated rings. The minimum Gasteiger partial charge on any atom is -0.309 e. The van der Waals surface area contributed by atoms with Gasteiger partial charge in [-0.3, -0.25) is 13.7 Å². The normalized spacial score (nSPS) is 11.9. The SMILES string of the molecule is c1ccc(-c2cc(-n3c4ccccc4c4c5sc6c(-c7ccccc7)cccc6c5ccc43)nc3ccccc23)cc1.c1ccc(-c2ccc3c4c5sc6ccccc6c5ccc4n(-c4cc(-c5ccccc5)c5ccccc5n4)c3c2)cc1.c1ccc(-n2c3ccccc3c3ccc(-c4cc(-n5c6ccccc6c6c7sc8ccccc8c7ccc65)nc5ccccc45)cc32)cc1. The molecule has 620 valence electrons. The van der Waals surface area contributed by atoms with Crippen molar-refractivity contribution in [2.24, 2.45) is 0 Å². The summed E-state index contributed by atoms with van der Waals surface area (Å²) in [4.78, 5) is 15.9. The highest BCUT2D eigenvalue weighted by atomic mass is 32.1. The number of aromatic nitrogens is 7. The van der Waals surface area contributed by atoms with Gasteiger partial charge in [-0.15, -0.1) is 34.0 Å². The van der Waals surface area contributed by atoms with Crippen molar-refractivity contribution in [3.8, 4) is 78.8 Å². The van der Waals surface area contributed by atoms with Gasteiger partial charge in [-0.2, -0.15) is 0 Å². The van der Waals surface area contributed by atoms with Gasteiger partial charge in [0.2, 0.25) is 0 Å². The Labute approximate surface area is 775 Å². The fourth-order valence-electron chi connectivity index (χ4n) is 21.0. The first-order valence-corrected chi connectivity index (χ1v) is 47.6. The predicted molar refractivity (Wildman–Crippen MR) is 568 cm³/mol. The second-order valence-corrected chi connectivity index (χ2v) is 37.4. The van der Waals surface area contributed by atoms with Crippen LogP contribution in [0.2, 0.25) is 0 Å². The second kappa shape index (κ2) is 31.0. The number of hydrogen-bond donors (Lipinski definition) is 0. The summed E-state index contributed by atoms with van der Waals surface area (Å²) in [5.41, 5.74) is 25.6. The van der Waals surface area contributed by atoms with Gasteiger partial charge in [0.05, 0.1) is 60.7 Å². The van der Waals surface area contributed by atoms with Crippen LogP contribution >= 0.6 is 34.0 Å². The van der Waals surface area contributed by atoms with E-state index in [1.807, 2.05) is 34.0 Å². The van der Waals surface area contributed by atoms with Crippen molar-refractivity contribution >= 4 is 214 Å². The third-order valence-electron chi connectivity index (χ3n) is 26.9. The molecule has 0 aliphatic heterocycles. The van der Waals surface area contributed by atoms with Gasteiger partial charge in [-0.25, -0.2) is 15.0 Å². The van der Waals surface area contributed by atoms with Crippen LogP contribution in [0, 0.1) is 0 Å². The summed E-state index contributed by atoms with van der Waals surface area (Å²) < 4.78 is 17.4. The highest BCUT2D eigenvalue weighted by molar-refractivity contribution is 7.28. The second-order valence-electron chi connectivity index (χ2n) is 34.3. The fourth-order valence-corrected chi connectivity index (χ4v) is 24.9. The summed E-state index contributed by atoms with van der Waals surface area (Å²) in [6.07, 6.45) is 0. The lowest BCUT2D eigenvalue weighted by Crippen LogP contribution is -1.99. The van der Waals surface area contributed by atoms with Crippen molar-refractivity contribution in [1.82, 2.24) is 33.2 Å². The number of rotatable bonds is 9. The van der Waals surface area contributed by atoms with Crippen molar-refractivity contribution in [1.29, 1.82) is 0 Å². The Balaban J connectivity index is 0.000000102. The molecule has 0 aliphatic carbocycles. The first-order valence-electron chi connectivity index (χ1n) is 45.1.